The van der Waals surface area contributed by atoms with Gasteiger partial charge >= 0.3 is 0 Å². The van der Waals surface area contributed by atoms with Gasteiger partial charge in [0.05, 0.1) is 25.6 Å². The predicted octanol–water partition coefficient (Wildman–Crippen LogP) is 7.27. The van der Waals surface area contributed by atoms with Gasteiger partial charge in [-0.1, -0.05) is 83.6 Å². The second kappa shape index (κ2) is 12.5. The van der Waals surface area contributed by atoms with Gasteiger partial charge in [0, 0.05) is 17.7 Å². The SMILES string of the molecule is COc1ccc(CCn2c(-c3ccc(C)cc3)c(NC(=O)c3ccccc3)sc2=Nc2ccccc2)cc1OC. The van der Waals surface area contributed by atoms with E-state index in [1.807, 2.05) is 78.9 Å². The Kier molecular flexibility index (Phi) is 8.42. The lowest BCUT2D eigenvalue weighted by atomic mass is 10.1. The summed E-state index contributed by atoms with van der Waals surface area (Å²) in [4.78, 5) is 19.1. The smallest absolute Gasteiger partial charge is 0.256 e. The Hall–Kier alpha value is -4.62. The van der Waals surface area contributed by atoms with E-state index in [4.69, 9.17) is 14.5 Å². The lowest BCUT2D eigenvalue weighted by Crippen LogP contribution is -2.18. The van der Waals surface area contributed by atoms with Crippen LogP contribution in [0.2, 0.25) is 0 Å². The molecule has 1 aromatic heterocycles. The number of methoxy groups -OCH3 is 2. The van der Waals surface area contributed by atoms with E-state index in [2.05, 4.69) is 41.1 Å². The molecule has 0 aliphatic carbocycles. The Labute approximate surface area is 238 Å². The molecule has 0 aliphatic heterocycles. The van der Waals surface area contributed by atoms with Crippen LogP contribution in [-0.4, -0.2) is 24.7 Å². The maximum atomic E-state index is 13.3. The number of thiazole rings is 1. The molecule has 1 N–H and O–H groups in total. The molecule has 7 heteroatoms. The molecule has 0 aliphatic rings. The monoisotopic (exact) mass is 549 g/mol. The number of anilines is 1. The van der Waals surface area contributed by atoms with Crippen LogP contribution in [0.25, 0.3) is 11.3 Å². The Bertz CT molecular complexity index is 1660. The van der Waals surface area contributed by atoms with Crippen molar-refractivity contribution in [3.8, 4) is 22.8 Å². The summed E-state index contributed by atoms with van der Waals surface area (Å²) in [7, 11) is 3.28. The lowest BCUT2D eigenvalue weighted by Gasteiger charge is -2.14. The first-order chi connectivity index (χ1) is 19.6. The zero-order valence-electron chi connectivity index (χ0n) is 22.8. The molecule has 6 nitrogen and oxygen atoms in total. The number of rotatable bonds is 9. The van der Waals surface area contributed by atoms with Crippen molar-refractivity contribution in [2.75, 3.05) is 19.5 Å². The maximum absolute atomic E-state index is 13.3. The van der Waals surface area contributed by atoms with Gasteiger partial charge in [-0.25, -0.2) is 4.99 Å². The second-order valence-electron chi connectivity index (χ2n) is 9.29. The average molecular weight is 550 g/mol. The van der Waals surface area contributed by atoms with Crippen LogP contribution in [0.3, 0.4) is 0 Å². The average Bonchev–Trinajstić information content (AvgIpc) is 3.33. The highest BCUT2D eigenvalue weighted by Crippen LogP contribution is 2.33. The van der Waals surface area contributed by atoms with E-state index in [0.717, 1.165) is 38.7 Å². The molecule has 1 amide bonds. The van der Waals surface area contributed by atoms with Gasteiger partial charge in [0.15, 0.2) is 16.3 Å². The zero-order chi connectivity index (χ0) is 27.9. The largest absolute Gasteiger partial charge is 0.493 e. The standard InChI is InChI=1S/C33H31N3O3S/c1-23-14-17-25(18-15-23)30-32(35-31(37)26-10-6-4-7-11-26)40-33(34-27-12-8-5-9-13-27)36(30)21-20-24-16-19-28(38-2)29(22-24)39-3/h4-19,22H,20-21H2,1-3H3,(H,35,37). The molecule has 40 heavy (non-hydrogen) atoms. The summed E-state index contributed by atoms with van der Waals surface area (Å²) < 4.78 is 13.1. The Morgan fingerprint density at radius 1 is 0.850 bits per heavy atom. The van der Waals surface area contributed by atoms with Crippen LogP contribution in [0, 0.1) is 6.92 Å². The first-order valence-corrected chi connectivity index (χ1v) is 13.8. The molecule has 0 bridgehead atoms. The summed E-state index contributed by atoms with van der Waals surface area (Å²) >= 11 is 1.47. The molecule has 0 fully saturated rings. The van der Waals surface area contributed by atoms with E-state index < -0.39 is 0 Å². The van der Waals surface area contributed by atoms with Crippen molar-refractivity contribution in [3.05, 3.63) is 125 Å². The van der Waals surface area contributed by atoms with Crippen molar-refractivity contribution in [1.29, 1.82) is 0 Å². The fourth-order valence-electron chi connectivity index (χ4n) is 4.44. The fraction of sp³-hybridized carbons (Fsp3) is 0.152. The van der Waals surface area contributed by atoms with E-state index in [9.17, 15) is 4.79 Å². The molecule has 0 atom stereocenters. The van der Waals surface area contributed by atoms with Crippen LogP contribution in [-0.2, 0) is 13.0 Å². The minimum atomic E-state index is -0.159. The molecular weight excluding hydrogens is 518 g/mol. The predicted molar refractivity (Wildman–Crippen MR) is 162 cm³/mol. The first kappa shape index (κ1) is 27.0. The number of nitrogens with one attached hydrogen (secondary N) is 1. The van der Waals surface area contributed by atoms with Crippen molar-refractivity contribution in [2.45, 2.75) is 19.9 Å². The van der Waals surface area contributed by atoms with Crippen molar-refractivity contribution in [1.82, 2.24) is 4.57 Å². The van der Waals surface area contributed by atoms with Crippen LogP contribution >= 0.6 is 11.3 Å². The molecule has 0 unspecified atom stereocenters. The maximum Gasteiger partial charge on any atom is 0.256 e. The van der Waals surface area contributed by atoms with Gasteiger partial charge in [0.2, 0.25) is 0 Å². The number of carbonyl (C=O) groups is 1. The number of para-hydroxylation sites is 1. The van der Waals surface area contributed by atoms with E-state index in [0.29, 0.717) is 23.6 Å². The number of nitrogens with zero attached hydrogens (tertiary/aromatic N) is 2. The van der Waals surface area contributed by atoms with Gasteiger partial charge in [0.1, 0.15) is 5.00 Å². The molecule has 0 spiro atoms. The normalized spacial score (nSPS) is 11.3. The van der Waals surface area contributed by atoms with Crippen LogP contribution in [0.5, 0.6) is 11.5 Å². The number of amides is 1. The van der Waals surface area contributed by atoms with E-state index in [1.54, 1.807) is 14.2 Å². The number of aromatic nitrogens is 1. The Morgan fingerprint density at radius 3 is 2.20 bits per heavy atom. The highest BCUT2D eigenvalue weighted by Gasteiger charge is 2.19. The molecule has 5 aromatic rings. The third-order valence-corrected chi connectivity index (χ3v) is 7.54. The molecule has 0 radical (unpaired) electrons. The minimum Gasteiger partial charge on any atom is -0.493 e. The summed E-state index contributed by atoms with van der Waals surface area (Å²) in [5.74, 6) is 1.23. The van der Waals surface area contributed by atoms with Crippen molar-refractivity contribution in [2.24, 2.45) is 4.99 Å². The highest BCUT2D eigenvalue weighted by atomic mass is 32.1. The summed E-state index contributed by atoms with van der Waals surface area (Å²) in [5.41, 5.74) is 5.65. The molecule has 1 heterocycles. The van der Waals surface area contributed by atoms with Gasteiger partial charge in [-0.05, 0) is 55.3 Å². The summed E-state index contributed by atoms with van der Waals surface area (Å²) in [5, 5.41) is 3.93. The molecule has 0 saturated carbocycles. The van der Waals surface area contributed by atoms with Gasteiger partial charge in [-0.3, -0.25) is 4.79 Å². The number of hydrogen-bond donors (Lipinski definition) is 1. The third kappa shape index (κ3) is 6.16. The number of hydrogen-bond acceptors (Lipinski definition) is 5. The molecular formula is C33H31N3O3S. The number of ether oxygens (including phenoxy) is 2. The van der Waals surface area contributed by atoms with Crippen LogP contribution < -0.4 is 19.6 Å². The number of carbonyl (C=O) groups excluding carboxylic acids is 1. The molecule has 202 valence electrons. The second-order valence-corrected chi connectivity index (χ2v) is 10.3. The molecule has 4 aromatic carbocycles. The fourth-order valence-corrected chi connectivity index (χ4v) is 5.54. The summed E-state index contributed by atoms with van der Waals surface area (Å²) in [6.07, 6.45) is 0.726. The minimum absolute atomic E-state index is 0.159. The van der Waals surface area contributed by atoms with Gasteiger partial charge in [0.25, 0.3) is 5.91 Å². The molecule has 5 rings (SSSR count). The Morgan fingerprint density at radius 2 is 1.52 bits per heavy atom. The van der Waals surface area contributed by atoms with Crippen LogP contribution in [0.4, 0.5) is 10.7 Å². The third-order valence-electron chi connectivity index (χ3n) is 6.55. The van der Waals surface area contributed by atoms with Crippen LogP contribution in [0.15, 0.2) is 108 Å². The number of benzene rings is 4. The first-order valence-electron chi connectivity index (χ1n) is 13.0. The van der Waals surface area contributed by atoms with E-state index in [1.165, 1.54) is 16.9 Å². The zero-order valence-corrected chi connectivity index (χ0v) is 23.6. The van der Waals surface area contributed by atoms with Gasteiger partial charge in [-0.2, -0.15) is 0 Å². The van der Waals surface area contributed by atoms with Crippen LogP contribution in [0.1, 0.15) is 21.5 Å². The summed E-state index contributed by atoms with van der Waals surface area (Å²) in [6.45, 7) is 2.71. The Balaban J connectivity index is 1.63. The van der Waals surface area contributed by atoms with Crippen molar-refractivity contribution < 1.29 is 14.3 Å². The van der Waals surface area contributed by atoms with E-state index >= 15 is 0 Å². The van der Waals surface area contributed by atoms with Crippen molar-refractivity contribution >= 4 is 27.9 Å². The van der Waals surface area contributed by atoms with Crippen molar-refractivity contribution in [3.63, 3.8) is 0 Å². The lowest BCUT2D eigenvalue weighted by molar-refractivity contribution is 0.102. The number of aryl methyl sites for hydroxylation is 2. The van der Waals surface area contributed by atoms with Gasteiger partial charge in [-0.15, -0.1) is 0 Å². The molecule has 0 saturated heterocycles. The summed E-state index contributed by atoms with van der Waals surface area (Å²) in [6, 6.07) is 33.5. The quantitative estimate of drug-likeness (QED) is 0.210. The van der Waals surface area contributed by atoms with Gasteiger partial charge < -0.3 is 19.4 Å². The topological polar surface area (TPSA) is 64.8 Å². The highest BCUT2D eigenvalue weighted by molar-refractivity contribution is 7.14. The van der Waals surface area contributed by atoms with E-state index in [-0.39, 0.29) is 5.91 Å².